The number of hydrogen-bond donors (Lipinski definition) is 0. The zero-order valence-corrected chi connectivity index (χ0v) is 11.1. The average molecular weight is 257 g/mol. The number of aromatic nitrogens is 1. The first-order valence-electron chi connectivity index (χ1n) is 6.67. The van der Waals surface area contributed by atoms with Gasteiger partial charge in [0.2, 0.25) is 0 Å². The van der Waals surface area contributed by atoms with Gasteiger partial charge in [-0.3, -0.25) is 4.98 Å². The molecular formula is C19H15N. The van der Waals surface area contributed by atoms with E-state index in [1.165, 1.54) is 11.1 Å². The molecule has 96 valence electrons. The van der Waals surface area contributed by atoms with E-state index >= 15 is 0 Å². The van der Waals surface area contributed by atoms with Gasteiger partial charge in [-0.25, -0.2) is 0 Å². The van der Waals surface area contributed by atoms with Crippen LogP contribution in [0.25, 0.3) is 23.4 Å². The van der Waals surface area contributed by atoms with Crippen LogP contribution in [0.3, 0.4) is 0 Å². The summed E-state index contributed by atoms with van der Waals surface area (Å²) in [7, 11) is 0. The molecule has 20 heavy (non-hydrogen) atoms. The van der Waals surface area contributed by atoms with Crippen molar-refractivity contribution in [2.75, 3.05) is 0 Å². The molecule has 0 aliphatic heterocycles. The molecule has 1 heterocycles. The summed E-state index contributed by atoms with van der Waals surface area (Å²) in [5, 5.41) is 0. The number of nitrogens with zero attached hydrogens (tertiary/aromatic N) is 1. The molecule has 0 N–H and O–H groups in total. The second-order valence-corrected chi connectivity index (χ2v) is 4.55. The third kappa shape index (κ3) is 2.83. The summed E-state index contributed by atoms with van der Waals surface area (Å²) in [5.41, 5.74) is 4.53. The zero-order valence-electron chi connectivity index (χ0n) is 11.1. The molecule has 0 spiro atoms. The van der Waals surface area contributed by atoms with Crippen LogP contribution in [0.4, 0.5) is 0 Å². The summed E-state index contributed by atoms with van der Waals surface area (Å²) in [6.07, 6.45) is 6.09. The summed E-state index contributed by atoms with van der Waals surface area (Å²) in [5.74, 6) is 0. The maximum Gasteiger partial charge on any atom is 0.0707 e. The minimum absolute atomic E-state index is 1.00. The predicted octanol–water partition coefficient (Wildman–Crippen LogP) is 4.92. The molecule has 0 unspecified atom stereocenters. The predicted molar refractivity (Wildman–Crippen MR) is 85.0 cm³/mol. The van der Waals surface area contributed by atoms with Crippen LogP contribution >= 0.6 is 0 Å². The Morgan fingerprint density at radius 1 is 0.650 bits per heavy atom. The van der Waals surface area contributed by atoms with Gasteiger partial charge in [-0.1, -0.05) is 72.8 Å². The lowest BCUT2D eigenvalue weighted by atomic mass is 10.0. The second-order valence-electron chi connectivity index (χ2n) is 4.55. The molecule has 0 fully saturated rings. The smallest absolute Gasteiger partial charge is 0.0707 e. The van der Waals surface area contributed by atoms with Gasteiger partial charge in [0.1, 0.15) is 0 Å². The Morgan fingerprint density at radius 3 is 2.20 bits per heavy atom. The van der Waals surface area contributed by atoms with Crippen LogP contribution in [0.2, 0.25) is 0 Å². The molecule has 0 radical (unpaired) electrons. The molecular weight excluding hydrogens is 242 g/mol. The quantitative estimate of drug-likeness (QED) is 0.607. The van der Waals surface area contributed by atoms with Gasteiger partial charge >= 0.3 is 0 Å². The number of pyridine rings is 1. The lowest BCUT2D eigenvalue weighted by molar-refractivity contribution is 1.32. The lowest BCUT2D eigenvalue weighted by Gasteiger charge is -2.05. The van der Waals surface area contributed by atoms with E-state index in [2.05, 4.69) is 47.5 Å². The summed E-state index contributed by atoms with van der Waals surface area (Å²) >= 11 is 0. The van der Waals surface area contributed by atoms with Gasteiger partial charge in [0.15, 0.2) is 0 Å². The fourth-order valence-corrected chi connectivity index (χ4v) is 2.15. The van der Waals surface area contributed by atoms with Crippen molar-refractivity contribution < 1.29 is 0 Å². The van der Waals surface area contributed by atoms with E-state index in [-0.39, 0.29) is 0 Å². The first kappa shape index (κ1) is 12.4. The Labute approximate surface area is 119 Å². The van der Waals surface area contributed by atoms with Crippen molar-refractivity contribution in [2.45, 2.75) is 0 Å². The van der Waals surface area contributed by atoms with Crippen LogP contribution in [0.15, 0.2) is 79.0 Å². The highest BCUT2D eigenvalue weighted by Gasteiger charge is 2.02. The average Bonchev–Trinajstić information content (AvgIpc) is 2.55. The monoisotopic (exact) mass is 257 g/mol. The van der Waals surface area contributed by atoms with Crippen molar-refractivity contribution >= 4 is 12.2 Å². The minimum Gasteiger partial charge on any atom is -0.256 e. The fraction of sp³-hybridized carbons (Fsp3) is 0. The van der Waals surface area contributed by atoms with Crippen molar-refractivity contribution in [2.24, 2.45) is 0 Å². The van der Waals surface area contributed by atoms with Crippen molar-refractivity contribution in [3.05, 3.63) is 90.1 Å². The zero-order chi connectivity index (χ0) is 13.6. The maximum atomic E-state index is 4.43. The Hall–Kier alpha value is -2.67. The number of rotatable bonds is 3. The van der Waals surface area contributed by atoms with E-state index < -0.39 is 0 Å². The Kier molecular flexibility index (Phi) is 3.70. The van der Waals surface area contributed by atoms with Gasteiger partial charge in [0.25, 0.3) is 0 Å². The van der Waals surface area contributed by atoms with Gasteiger partial charge in [0.05, 0.1) is 5.69 Å². The van der Waals surface area contributed by atoms with Crippen LogP contribution in [-0.4, -0.2) is 4.98 Å². The largest absolute Gasteiger partial charge is 0.256 e. The van der Waals surface area contributed by atoms with Crippen LogP contribution in [0.5, 0.6) is 0 Å². The van der Waals surface area contributed by atoms with Crippen molar-refractivity contribution in [1.29, 1.82) is 0 Å². The summed E-state index contributed by atoms with van der Waals surface area (Å²) in [6, 6.07) is 24.6. The second kappa shape index (κ2) is 5.98. The third-order valence-corrected chi connectivity index (χ3v) is 3.16. The highest BCUT2D eigenvalue weighted by molar-refractivity contribution is 5.79. The van der Waals surface area contributed by atoms with Crippen LogP contribution in [0.1, 0.15) is 11.1 Å². The first-order chi connectivity index (χ1) is 9.93. The molecule has 0 aliphatic carbocycles. The van der Waals surface area contributed by atoms with Gasteiger partial charge in [-0.05, 0) is 23.3 Å². The standard InChI is InChI=1S/C19H15N/c1-2-8-16(9-3-1)13-14-17-10-4-5-11-18(17)19-12-6-7-15-20-19/h1-15H/b14-13+. The molecule has 3 rings (SSSR count). The van der Waals surface area contributed by atoms with Crippen LogP contribution < -0.4 is 0 Å². The van der Waals surface area contributed by atoms with E-state index in [0.717, 1.165) is 11.3 Å². The van der Waals surface area contributed by atoms with Gasteiger partial charge < -0.3 is 0 Å². The highest BCUT2D eigenvalue weighted by Crippen LogP contribution is 2.23. The molecule has 2 aromatic carbocycles. The fourth-order valence-electron chi connectivity index (χ4n) is 2.15. The normalized spacial score (nSPS) is 10.8. The number of benzene rings is 2. The molecule has 1 aromatic heterocycles. The van der Waals surface area contributed by atoms with E-state index in [1.807, 2.05) is 48.7 Å². The summed E-state index contributed by atoms with van der Waals surface area (Å²) in [6.45, 7) is 0. The molecule has 0 bridgehead atoms. The highest BCUT2D eigenvalue weighted by atomic mass is 14.7. The lowest BCUT2D eigenvalue weighted by Crippen LogP contribution is -1.85. The van der Waals surface area contributed by atoms with Crippen LogP contribution in [-0.2, 0) is 0 Å². The molecule has 1 heteroatoms. The SMILES string of the molecule is C(=C\c1ccccc1-c1ccccn1)/c1ccccc1. The van der Waals surface area contributed by atoms with E-state index in [4.69, 9.17) is 0 Å². The molecule has 0 amide bonds. The summed E-state index contributed by atoms with van der Waals surface area (Å²) in [4.78, 5) is 4.43. The van der Waals surface area contributed by atoms with Crippen molar-refractivity contribution in [3.63, 3.8) is 0 Å². The van der Waals surface area contributed by atoms with Crippen molar-refractivity contribution in [3.8, 4) is 11.3 Å². The Balaban J connectivity index is 1.97. The molecule has 0 atom stereocenters. The maximum absolute atomic E-state index is 4.43. The van der Waals surface area contributed by atoms with Crippen molar-refractivity contribution in [1.82, 2.24) is 4.98 Å². The van der Waals surface area contributed by atoms with E-state index in [1.54, 1.807) is 0 Å². The van der Waals surface area contributed by atoms with Gasteiger partial charge in [-0.15, -0.1) is 0 Å². The van der Waals surface area contributed by atoms with Crippen LogP contribution in [0, 0.1) is 0 Å². The van der Waals surface area contributed by atoms with Gasteiger partial charge in [0, 0.05) is 11.8 Å². The molecule has 0 saturated heterocycles. The first-order valence-corrected chi connectivity index (χ1v) is 6.67. The topological polar surface area (TPSA) is 12.9 Å². The molecule has 0 aliphatic rings. The molecule has 1 nitrogen and oxygen atoms in total. The minimum atomic E-state index is 1.00. The van der Waals surface area contributed by atoms with E-state index in [0.29, 0.717) is 0 Å². The Bertz CT molecular complexity index is 700. The van der Waals surface area contributed by atoms with Gasteiger partial charge in [-0.2, -0.15) is 0 Å². The Morgan fingerprint density at radius 2 is 1.40 bits per heavy atom. The third-order valence-electron chi connectivity index (χ3n) is 3.16. The summed E-state index contributed by atoms with van der Waals surface area (Å²) < 4.78 is 0. The van der Waals surface area contributed by atoms with E-state index in [9.17, 15) is 0 Å². The molecule has 3 aromatic rings. The number of hydrogen-bond acceptors (Lipinski definition) is 1. The molecule has 0 saturated carbocycles.